The Kier molecular flexibility index (Phi) is 8.32. The second kappa shape index (κ2) is 12.8. The van der Waals surface area contributed by atoms with Gasteiger partial charge in [-0.2, -0.15) is 0 Å². The number of fused-ring (bicyclic) bond motifs is 1. The average Bonchev–Trinajstić information content (AvgIpc) is 3.09. The summed E-state index contributed by atoms with van der Waals surface area (Å²) < 4.78 is 6.14. The Labute approximate surface area is 269 Å². The molecule has 4 heterocycles. The van der Waals surface area contributed by atoms with Gasteiger partial charge in [-0.3, -0.25) is 24.9 Å². The molecule has 0 spiro atoms. The molecular weight excluding hydrogens is 578 g/mol. The first kappa shape index (κ1) is 29.8. The van der Waals surface area contributed by atoms with E-state index in [0.29, 0.717) is 31.3 Å². The Morgan fingerprint density at radius 2 is 1.67 bits per heavy atom. The van der Waals surface area contributed by atoms with Crippen LogP contribution in [-0.4, -0.2) is 66.3 Å². The van der Waals surface area contributed by atoms with E-state index in [9.17, 15) is 14.7 Å². The van der Waals surface area contributed by atoms with Crippen LogP contribution in [-0.2, 0) is 11.3 Å². The highest BCUT2D eigenvalue weighted by Gasteiger charge is 2.34. The van der Waals surface area contributed by atoms with Gasteiger partial charge in [0.25, 0.3) is 0 Å². The van der Waals surface area contributed by atoms with Crippen LogP contribution in [0.4, 0.5) is 16.2 Å². The fraction of sp³-hybridized carbons (Fsp3) is 0.324. The van der Waals surface area contributed by atoms with Crippen molar-refractivity contribution >= 4 is 23.3 Å². The number of carbonyl (C=O) groups excluding carboxylic acids is 2. The number of phenols is 1. The molecule has 7 rings (SSSR count). The van der Waals surface area contributed by atoms with Crippen LogP contribution in [0, 0.1) is 0 Å². The summed E-state index contributed by atoms with van der Waals surface area (Å²) in [6.07, 6.45) is 4.14. The fourth-order valence-corrected chi connectivity index (χ4v) is 7.12. The molecule has 0 saturated carbocycles. The van der Waals surface area contributed by atoms with Crippen LogP contribution >= 0.6 is 0 Å². The molecule has 236 valence electrons. The summed E-state index contributed by atoms with van der Waals surface area (Å²) in [4.78, 5) is 34.6. The van der Waals surface area contributed by atoms with E-state index in [1.165, 1.54) is 16.8 Å². The number of amides is 3. The number of nitrogens with one attached hydrogen (secondary N) is 1. The van der Waals surface area contributed by atoms with Crippen LogP contribution in [0.3, 0.4) is 0 Å². The molecule has 1 aromatic heterocycles. The fourth-order valence-electron chi connectivity index (χ4n) is 7.12. The van der Waals surface area contributed by atoms with Gasteiger partial charge in [-0.1, -0.05) is 48.5 Å². The molecule has 0 aliphatic carbocycles. The molecule has 0 radical (unpaired) electrons. The van der Waals surface area contributed by atoms with Gasteiger partial charge in [0.1, 0.15) is 11.5 Å². The summed E-state index contributed by atoms with van der Waals surface area (Å²) in [5.41, 5.74) is 6.49. The van der Waals surface area contributed by atoms with Gasteiger partial charge in [0.05, 0.1) is 24.2 Å². The number of aromatic nitrogens is 1. The zero-order chi connectivity index (χ0) is 31.6. The normalized spacial score (nSPS) is 20.3. The number of piperidine rings is 1. The zero-order valence-electron chi connectivity index (χ0n) is 26.0. The van der Waals surface area contributed by atoms with E-state index < -0.39 is 6.03 Å². The van der Waals surface area contributed by atoms with Gasteiger partial charge >= 0.3 is 6.03 Å². The molecule has 2 saturated heterocycles. The van der Waals surface area contributed by atoms with Gasteiger partial charge in [-0.05, 0) is 61.3 Å². The van der Waals surface area contributed by atoms with Crippen LogP contribution in [0.15, 0.2) is 91.1 Å². The topological polar surface area (TPSA) is 98.2 Å². The lowest BCUT2D eigenvalue weighted by Crippen LogP contribution is -2.49. The Hall–Kier alpha value is -4.89. The Balaban J connectivity index is 0.984. The molecule has 2 unspecified atom stereocenters. The number of hydrogen-bond donors (Lipinski definition) is 2. The monoisotopic (exact) mass is 617 g/mol. The van der Waals surface area contributed by atoms with E-state index in [4.69, 9.17) is 4.74 Å². The first-order valence-electron chi connectivity index (χ1n) is 16.0. The molecule has 0 bridgehead atoms. The molecule has 9 nitrogen and oxygen atoms in total. The van der Waals surface area contributed by atoms with Gasteiger partial charge in [-0.15, -0.1) is 0 Å². The molecule has 46 heavy (non-hydrogen) atoms. The smallest absolute Gasteiger partial charge is 0.328 e. The number of anilines is 2. The molecular formula is C37H39N5O4. The van der Waals surface area contributed by atoms with Crippen molar-refractivity contribution in [3.63, 3.8) is 0 Å². The van der Waals surface area contributed by atoms with Crippen LogP contribution in [0.2, 0.25) is 0 Å². The van der Waals surface area contributed by atoms with Crippen molar-refractivity contribution in [1.29, 1.82) is 0 Å². The zero-order valence-corrected chi connectivity index (χ0v) is 26.0. The number of urea groups is 1. The van der Waals surface area contributed by atoms with Gasteiger partial charge in [0.2, 0.25) is 5.91 Å². The highest BCUT2D eigenvalue weighted by molar-refractivity contribution is 6.05. The summed E-state index contributed by atoms with van der Waals surface area (Å²) in [6.45, 7) is 3.63. The number of carbonyl (C=O) groups is 2. The number of hydrogen-bond acceptors (Lipinski definition) is 7. The maximum atomic E-state index is 12.2. The number of phenolic OH excluding ortho intramolecular Hbond substituents is 1. The number of benzene rings is 3. The second-order valence-electron chi connectivity index (χ2n) is 12.5. The predicted molar refractivity (Wildman–Crippen MR) is 178 cm³/mol. The molecule has 9 heteroatoms. The van der Waals surface area contributed by atoms with Crippen molar-refractivity contribution in [2.45, 2.75) is 43.7 Å². The average molecular weight is 618 g/mol. The minimum atomic E-state index is -0.393. The summed E-state index contributed by atoms with van der Waals surface area (Å²) in [5, 5.41) is 12.5. The number of imide groups is 1. The Morgan fingerprint density at radius 1 is 0.913 bits per heavy atom. The summed E-state index contributed by atoms with van der Waals surface area (Å²) in [7, 11) is 2.16. The second-order valence-corrected chi connectivity index (χ2v) is 12.5. The van der Waals surface area contributed by atoms with Crippen molar-refractivity contribution in [3.8, 4) is 11.5 Å². The van der Waals surface area contributed by atoms with Crippen molar-refractivity contribution in [2.75, 3.05) is 43.1 Å². The largest absolute Gasteiger partial charge is 0.508 e. The lowest BCUT2D eigenvalue weighted by atomic mass is 9.76. The standard InChI is InChI=1S/C37H39N5O4/c1-40(23-27-9-12-30(22-38-27)42-20-17-35(44)39-37(42)45)28-15-18-41(19-16-28)29-10-7-26(8-11-29)36-32-14-13-31(43)21-34(32)46-24-33(36)25-5-3-2-4-6-25/h2-14,21-22,28,33,36,43H,15-20,23-24H2,1H3,(H,39,44,45). The molecule has 2 fully saturated rings. The SMILES string of the molecule is CN(Cc1ccc(N2CCC(=O)NC2=O)cn1)C1CCN(c2ccc(C3c4ccc(O)cc4OCC3c3ccccc3)cc2)CC1. The van der Waals surface area contributed by atoms with Crippen LogP contribution < -0.4 is 19.9 Å². The lowest BCUT2D eigenvalue weighted by Gasteiger charge is -2.38. The molecule has 2 atom stereocenters. The molecule has 3 aliphatic rings. The van der Waals surface area contributed by atoms with E-state index in [2.05, 4.69) is 75.7 Å². The number of aromatic hydroxyl groups is 1. The Morgan fingerprint density at radius 3 is 2.39 bits per heavy atom. The lowest BCUT2D eigenvalue weighted by molar-refractivity contribution is -0.120. The molecule has 4 aromatic rings. The summed E-state index contributed by atoms with van der Waals surface area (Å²) >= 11 is 0. The van der Waals surface area contributed by atoms with E-state index in [-0.39, 0.29) is 23.5 Å². The number of pyridine rings is 1. The quantitative estimate of drug-likeness (QED) is 0.277. The number of rotatable bonds is 7. The maximum Gasteiger partial charge on any atom is 0.328 e. The molecule has 3 aromatic carbocycles. The van der Waals surface area contributed by atoms with Crippen molar-refractivity contribution in [3.05, 3.63) is 114 Å². The van der Waals surface area contributed by atoms with Gasteiger partial charge in [0, 0.05) is 67.8 Å². The van der Waals surface area contributed by atoms with Crippen LogP contribution in [0.1, 0.15) is 53.5 Å². The van der Waals surface area contributed by atoms with E-state index in [1.807, 2.05) is 24.3 Å². The third-order valence-corrected chi connectivity index (χ3v) is 9.67. The summed E-state index contributed by atoms with van der Waals surface area (Å²) in [6, 6.07) is 29.0. The summed E-state index contributed by atoms with van der Waals surface area (Å²) in [5.74, 6) is 1.04. The third kappa shape index (κ3) is 6.15. The van der Waals surface area contributed by atoms with Gasteiger partial charge < -0.3 is 14.7 Å². The highest BCUT2D eigenvalue weighted by atomic mass is 16.5. The minimum Gasteiger partial charge on any atom is -0.508 e. The number of ether oxygens (including phenoxy) is 1. The van der Waals surface area contributed by atoms with Gasteiger partial charge in [-0.25, -0.2) is 4.79 Å². The van der Waals surface area contributed by atoms with E-state index >= 15 is 0 Å². The van der Waals surface area contributed by atoms with Crippen molar-refractivity contribution in [1.82, 2.24) is 15.2 Å². The molecule has 2 N–H and O–H groups in total. The molecule has 3 amide bonds. The predicted octanol–water partition coefficient (Wildman–Crippen LogP) is 5.64. The van der Waals surface area contributed by atoms with Crippen LogP contribution in [0.25, 0.3) is 0 Å². The number of nitrogens with zero attached hydrogens (tertiary/aromatic N) is 4. The Bertz CT molecular complexity index is 1690. The van der Waals surface area contributed by atoms with Crippen molar-refractivity contribution in [2.24, 2.45) is 0 Å². The third-order valence-electron chi connectivity index (χ3n) is 9.67. The molecule has 3 aliphatic heterocycles. The van der Waals surface area contributed by atoms with Crippen LogP contribution in [0.5, 0.6) is 11.5 Å². The highest BCUT2D eigenvalue weighted by Crippen LogP contribution is 2.47. The van der Waals surface area contributed by atoms with Gasteiger partial charge in [0.15, 0.2) is 0 Å². The first-order valence-corrected chi connectivity index (χ1v) is 16.0. The minimum absolute atomic E-state index is 0.129. The van der Waals surface area contributed by atoms with E-state index in [0.717, 1.165) is 49.5 Å². The maximum absolute atomic E-state index is 12.2. The van der Waals surface area contributed by atoms with E-state index in [1.54, 1.807) is 23.2 Å². The van der Waals surface area contributed by atoms with Crippen molar-refractivity contribution < 1.29 is 19.4 Å². The first-order chi connectivity index (χ1) is 22.4.